The van der Waals surface area contributed by atoms with Crippen molar-refractivity contribution in [3.8, 4) is 17.2 Å². The van der Waals surface area contributed by atoms with E-state index in [4.69, 9.17) is 14.2 Å². The van der Waals surface area contributed by atoms with Gasteiger partial charge in [0.1, 0.15) is 17.0 Å². The highest BCUT2D eigenvalue weighted by Gasteiger charge is 2.54. The summed E-state index contributed by atoms with van der Waals surface area (Å²) in [6.45, 7) is -2.45. The van der Waals surface area contributed by atoms with Crippen molar-refractivity contribution >= 4 is 54.4 Å². The Labute approximate surface area is 301 Å². The molecule has 1 N–H and O–H groups in total. The zero-order valence-electron chi connectivity index (χ0n) is 27.2. The molecule has 3 aromatic carbocycles. The van der Waals surface area contributed by atoms with Crippen LogP contribution in [0.1, 0.15) is 45.5 Å². The van der Waals surface area contributed by atoms with Gasteiger partial charge in [-0.15, -0.1) is 0 Å². The second-order valence-corrected chi connectivity index (χ2v) is 15.0. The van der Waals surface area contributed by atoms with Crippen LogP contribution >= 0.6 is 15.9 Å². The van der Waals surface area contributed by atoms with E-state index in [1.165, 1.54) is 43.6 Å². The average molecular weight is 817 g/mol. The summed E-state index contributed by atoms with van der Waals surface area (Å²) in [5.74, 6) is -2.76. The number of ether oxygens (including phenoxy) is 3. The molecule has 1 fully saturated rings. The third-order valence-corrected chi connectivity index (χ3v) is 10.3. The first-order valence-electron chi connectivity index (χ1n) is 15.5. The maximum absolute atomic E-state index is 13.9. The average Bonchev–Trinajstić information content (AvgIpc) is 3.80. The van der Waals surface area contributed by atoms with Gasteiger partial charge in [0.25, 0.3) is 5.91 Å². The molecule has 2 heterocycles. The van der Waals surface area contributed by atoms with Gasteiger partial charge in [-0.05, 0) is 67.3 Å². The molecule has 1 aromatic heterocycles. The largest absolute Gasteiger partial charge is 0.496 e. The number of nitrogens with zero attached hydrogens (tertiary/aromatic N) is 2. The van der Waals surface area contributed by atoms with Gasteiger partial charge in [0.05, 0.1) is 30.4 Å². The van der Waals surface area contributed by atoms with Crippen molar-refractivity contribution < 1.29 is 58.6 Å². The molecule has 10 nitrogen and oxygen atoms in total. The van der Waals surface area contributed by atoms with Gasteiger partial charge in [-0.1, -0.05) is 28.1 Å². The van der Waals surface area contributed by atoms with Gasteiger partial charge in [0.15, 0.2) is 19.0 Å². The van der Waals surface area contributed by atoms with Crippen molar-refractivity contribution in [3.05, 3.63) is 87.0 Å². The highest BCUT2D eigenvalue weighted by atomic mass is 79.9. The minimum atomic E-state index is -4.81. The number of amides is 2. The number of methoxy groups -OCH3 is 1. The van der Waals surface area contributed by atoms with Crippen molar-refractivity contribution in [1.82, 2.24) is 9.71 Å². The Hall–Kier alpha value is -4.58. The third kappa shape index (κ3) is 7.49. The van der Waals surface area contributed by atoms with Crippen LogP contribution in [0, 0.1) is 6.92 Å². The number of anilines is 1. The van der Waals surface area contributed by atoms with E-state index < -0.39 is 82.2 Å². The SMILES string of the molecule is COc1ccc(Br)cc1C1(C(=O)NS(=O)(=O)Cc2ccc(N3Cc4c(c(OCC(F)(F)F)c5cccnc5c4OCC(F)(F)F)C3=O)c(C)c2)CC1. The fraction of sp³-hybridized carbons (Fsp3) is 0.324. The van der Waals surface area contributed by atoms with Crippen molar-refractivity contribution in [2.45, 2.75) is 49.8 Å². The summed E-state index contributed by atoms with van der Waals surface area (Å²) in [5.41, 5.74) is -0.623. The Morgan fingerprint density at radius 3 is 2.29 bits per heavy atom. The number of nitrogens with one attached hydrogen (secondary N) is 1. The Kier molecular flexibility index (Phi) is 9.61. The first-order valence-corrected chi connectivity index (χ1v) is 17.9. The van der Waals surface area contributed by atoms with Crippen molar-refractivity contribution in [1.29, 1.82) is 0 Å². The molecule has 52 heavy (non-hydrogen) atoms. The molecule has 2 amide bonds. The van der Waals surface area contributed by atoms with E-state index in [1.54, 1.807) is 25.1 Å². The van der Waals surface area contributed by atoms with E-state index in [-0.39, 0.29) is 27.7 Å². The number of pyridine rings is 1. The lowest BCUT2D eigenvalue weighted by Crippen LogP contribution is -2.39. The van der Waals surface area contributed by atoms with Crippen molar-refractivity contribution in [2.24, 2.45) is 0 Å². The van der Waals surface area contributed by atoms with Crippen LogP contribution in [0.4, 0.5) is 32.0 Å². The normalized spacial score (nSPS) is 15.4. The first kappa shape index (κ1) is 37.2. The quantitative estimate of drug-likeness (QED) is 0.160. The van der Waals surface area contributed by atoms with Crippen LogP contribution in [0.2, 0.25) is 0 Å². The predicted molar refractivity (Wildman–Crippen MR) is 179 cm³/mol. The number of fused-ring (bicyclic) bond motifs is 2. The minimum absolute atomic E-state index is 0.163. The highest BCUT2D eigenvalue weighted by Crippen LogP contribution is 2.52. The molecule has 0 spiro atoms. The second-order valence-electron chi connectivity index (χ2n) is 12.3. The summed E-state index contributed by atoms with van der Waals surface area (Å²) in [4.78, 5) is 32.4. The highest BCUT2D eigenvalue weighted by molar-refractivity contribution is 9.10. The van der Waals surface area contributed by atoms with Crippen LogP contribution in [0.25, 0.3) is 10.9 Å². The van der Waals surface area contributed by atoms with Gasteiger partial charge >= 0.3 is 12.4 Å². The van der Waals surface area contributed by atoms with Gasteiger partial charge in [-0.3, -0.25) is 19.3 Å². The lowest BCUT2D eigenvalue weighted by Gasteiger charge is -2.20. The van der Waals surface area contributed by atoms with Gasteiger partial charge in [0.2, 0.25) is 15.9 Å². The summed E-state index contributed by atoms with van der Waals surface area (Å²) < 4.78 is 124. The monoisotopic (exact) mass is 815 g/mol. The molecule has 1 aliphatic heterocycles. The molecular weight excluding hydrogens is 788 g/mol. The van der Waals surface area contributed by atoms with Crippen LogP contribution in [-0.2, 0) is 32.5 Å². The fourth-order valence-corrected chi connectivity index (χ4v) is 7.78. The van der Waals surface area contributed by atoms with E-state index in [9.17, 15) is 44.3 Å². The lowest BCUT2D eigenvalue weighted by molar-refractivity contribution is -0.154. The van der Waals surface area contributed by atoms with E-state index in [1.807, 2.05) is 0 Å². The molecule has 0 unspecified atom stereocenters. The molecule has 2 aliphatic rings. The Balaban J connectivity index is 1.28. The number of carbonyl (C=O) groups excluding carboxylic acids is 2. The van der Waals surface area contributed by atoms with Crippen molar-refractivity contribution in [3.63, 3.8) is 0 Å². The van der Waals surface area contributed by atoms with Crippen LogP contribution < -0.4 is 23.8 Å². The molecule has 0 atom stereocenters. The number of alkyl halides is 6. The number of aryl methyl sites for hydroxylation is 1. The third-order valence-electron chi connectivity index (χ3n) is 8.62. The predicted octanol–water partition coefficient (Wildman–Crippen LogP) is 7.03. The van der Waals surface area contributed by atoms with Gasteiger partial charge in [-0.25, -0.2) is 8.42 Å². The standard InChI is InChI=1S/C34H28BrF6N3O7S/c1-18-12-19(15-52(47,48)43-31(46)32(9-10-32)23-13-20(35)6-8-25(23)49-2)5-7-24(18)44-14-22-26(30(44)45)28(50-16-33(36,37)38)21-4-3-11-42-27(21)29(22)51-17-34(39,40)41/h3-8,11-13H,9-10,14-17H2,1-2H3,(H,43,46). The van der Waals surface area contributed by atoms with Crippen LogP contribution in [0.15, 0.2) is 59.2 Å². The Bertz CT molecular complexity index is 2210. The van der Waals surface area contributed by atoms with Gasteiger partial charge in [-0.2, -0.15) is 26.3 Å². The fourth-order valence-electron chi connectivity index (χ4n) is 6.25. The number of hydrogen-bond acceptors (Lipinski definition) is 8. The summed E-state index contributed by atoms with van der Waals surface area (Å²) in [7, 11) is -2.80. The number of hydrogen-bond donors (Lipinski definition) is 1. The summed E-state index contributed by atoms with van der Waals surface area (Å²) in [6.07, 6.45) is -7.60. The number of benzene rings is 3. The van der Waals surface area contributed by atoms with E-state index in [2.05, 4.69) is 25.6 Å². The summed E-state index contributed by atoms with van der Waals surface area (Å²) in [5, 5.41) is -0.163. The van der Waals surface area contributed by atoms with Crippen LogP contribution in [-0.4, -0.2) is 57.9 Å². The second kappa shape index (κ2) is 13.4. The first-order chi connectivity index (χ1) is 24.3. The summed E-state index contributed by atoms with van der Waals surface area (Å²) in [6, 6.07) is 11.9. The van der Waals surface area contributed by atoms with Crippen LogP contribution in [0.5, 0.6) is 17.2 Å². The Morgan fingerprint density at radius 2 is 1.67 bits per heavy atom. The molecule has 6 rings (SSSR count). The van der Waals surface area contributed by atoms with Gasteiger partial charge < -0.3 is 19.1 Å². The molecule has 4 aromatic rings. The zero-order chi connectivity index (χ0) is 37.8. The molecule has 0 bridgehead atoms. The zero-order valence-corrected chi connectivity index (χ0v) is 29.6. The molecular formula is C34H28BrF6N3O7S. The van der Waals surface area contributed by atoms with E-state index in [0.717, 1.165) is 4.90 Å². The number of aromatic nitrogens is 1. The Morgan fingerprint density at radius 1 is 1.00 bits per heavy atom. The van der Waals surface area contributed by atoms with Gasteiger partial charge in [0, 0.05) is 32.9 Å². The molecule has 1 aliphatic carbocycles. The number of rotatable bonds is 11. The molecule has 18 heteroatoms. The van der Waals surface area contributed by atoms with E-state index in [0.29, 0.717) is 34.2 Å². The number of halogens is 7. The molecule has 0 saturated heterocycles. The van der Waals surface area contributed by atoms with Crippen molar-refractivity contribution in [2.75, 3.05) is 25.2 Å². The number of sulfonamides is 1. The number of carbonyl (C=O) groups is 2. The maximum Gasteiger partial charge on any atom is 0.422 e. The smallest absolute Gasteiger partial charge is 0.422 e. The lowest BCUT2D eigenvalue weighted by atomic mass is 9.94. The maximum atomic E-state index is 13.9. The van der Waals surface area contributed by atoms with Crippen LogP contribution in [0.3, 0.4) is 0 Å². The topological polar surface area (TPSA) is 124 Å². The van der Waals surface area contributed by atoms with E-state index >= 15 is 0 Å². The molecule has 276 valence electrons. The molecule has 0 radical (unpaired) electrons. The summed E-state index contributed by atoms with van der Waals surface area (Å²) >= 11 is 3.37. The molecule has 1 saturated carbocycles. The minimum Gasteiger partial charge on any atom is -0.496 e.